The van der Waals surface area contributed by atoms with Gasteiger partial charge in [-0.3, -0.25) is 0 Å². The van der Waals surface area contributed by atoms with Gasteiger partial charge in [0.25, 0.3) is 0 Å². The fourth-order valence-corrected chi connectivity index (χ4v) is 1.73. The Bertz CT molecular complexity index is 627. The maximum atomic E-state index is 13.5. The first-order valence-corrected chi connectivity index (χ1v) is 5.64. The maximum absolute atomic E-state index is 13.5. The summed E-state index contributed by atoms with van der Waals surface area (Å²) in [5.74, 6) is -0.507. The zero-order valence-corrected chi connectivity index (χ0v) is 10.3. The maximum Gasteiger partial charge on any atom is 0.143 e. The molecule has 2 aromatic carbocycles. The standard InChI is InChI=1S/C15H13FN2/c1-10-4-3-5-15(11(10)2)18-13-7-6-12(9-17)14(16)8-13/h3-8,18H,1-2H3. The van der Waals surface area contributed by atoms with Crippen LogP contribution in [0.2, 0.25) is 0 Å². The molecule has 0 unspecified atom stereocenters. The van der Waals surface area contributed by atoms with Gasteiger partial charge in [-0.2, -0.15) is 5.26 Å². The van der Waals surface area contributed by atoms with Gasteiger partial charge in [-0.25, -0.2) is 4.39 Å². The number of nitriles is 1. The van der Waals surface area contributed by atoms with E-state index in [2.05, 4.69) is 5.32 Å². The highest BCUT2D eigenvalue weighted by Gasteiger charge is 2.05. The van der Waals surface area contributed by atoms with Gasteiger partial charge in [0.15, 0.2) is 0 Å². The van der Waals surface area contributed by atoms with Crippen LogP contribution >= 0.6 is 0 Å². The molecule has 90 valence electrons. The second kappa shape index (κ2) is 4.89. The Morgan fingerprint density at radius 2 is 1.94 bits per heavy atom. The number of nitrogens with one attached hydrogen (secondary N) is 1. The molecule has 0 aliphatic carbocycles. The van der Waals surface area contributed by atoms with Crippen LogP contribution in [0.3, 0.4) is 0 Å². The molecule has 3 heteroatoms. The molecule has 0 saturated heterocycles. The van der Waals surface area contributed by atoms with Crippen LogP contribution in [0.25, 0.3) is 0 Å². The Morgan fingerprint density at radius 1 is 1.17 bits per heavy atom. The van der Waals surface area contributed by atoms with Crippen LogP contribution in [0.5, 0.6) is 0 Å². The van der Waals surface area contributed by atoms with Gasteiger partial charge in [0.1, 0.15) is 11.9 Å². The summed E-state index contributed by atoms with van der Waals surface area (Å²) in [6.07, 6.45) is 0. The summed E-state index contributed by atoms with van der Waals surface area (Å²) in [4.78, 5) is 0. The highest BCUT2D eigenvalue weighted by molar-refractivity contribution is 5.65. The molecule has 0 aromatic heterocycles. The van der Waals surface area contributed by atoms with Gasteiger partial charge in [-0.15, -0.1) is 0 Å². The summed E-state index contributed by atoms with van der Waals surface area (Å²) in [7, 11) is 0. The Morgan fingerprint density at radius 3 is 2.61 bits per heavy atom. The van der Waals surface area contributed by atoms with Gasteiger partial charge in [0, 0.05) is 11.4 Å². The van der Waals surface area contributed by atoms with Gasteiger partial charge in [0.2, 0.25) is 0 Å². The average Bonchev–Trinajstić information content (AvgIpc) is 2.35. The van der Waals surface area contributed by atoms with E-state index in [1.807, 2.05) is 32.0 Å². The van der Waals surface area contributed by atoms with Crippen molar-refractivity contribution in [2.45, 2.75) is 13.8 Å². The fraction of sp³-hybridized carbons (Fsp3) is 0.133. The first-order chi connectivity index (χ1) is 8.61. The Kier molecular flexibility index (Phi) is 3.29. The number of benzene rings is 2. The lowest BCUT2D eigenvalue weighted by atomic mass is 10.1. The minimum atomic E-state index is -0.507. The number of hydrogen-bond donors (Lipinski definition) is 1. The third kappa shape index (κ3) is 2.33. The number of nitrogens with zero attached hydrogens (tertiary/aromatic N) is 1. The summed E-state index contributed by atoms with van der Waals surface area (Å²) in [5, 5.41) is 11.8. The molecule has 18 heavy (non-hydrogen) atoms. The molecule has 0 aliphatic rings. The largest absolute Gasteiger partial charge is 0.355 e. The molecule has 1 N–H and O–H groups in total. The van der Waals surface area contributed by atoms with E-state index in [9.17, 15) is 4.39 Å². The molecular weight excluding hydrogens is 227 g/mol. The number of anilines is 2. The van der Waals surface area contributed by atoms with Gasteiger partial charge >= 0.3 is 0 Å². The van der Waals surface area contributed by atoms with Crippen LogP contribution in [-0.4, -0.2) is 0 Å². The summed E-state index contributed by atoms with van der Waals surface area (Å²) < 4.78 is 13.5. The Balaban J connectivity index is 2.32. The van der Waals surface area contributed by atoms with E-state index in [1.54, 1.807) is 12.1 Å². The second-order valence-electron chi connectivity index (χ2n) is 4.18. The predicted molar refractivity (Wildman–Crippen MR) is 70.3 cm³/mol. The molecular formula is C15H13FN2. The van der Waals surface area contributed by atoms with E-state index in [0.717, 1.165) is 11.3 Å². The molecule has 0 amide bonds. The van der Waals surface area contributed by atoms with Gasteiger partial charge < -0.3 is 5.32 Å². The van der Waals surface area contributed by atoms with Crippen molar-refractivity contribution in [3.8, 4) is 6.07 Å². The summed E-state index contributed by atoms with van der Waals surface area (Å²) in [6, 6.07) is 12.2. The topological polar surface area (TPSA) is 35.8 Å². The van der Waals surface area contributed by atoms with Crippen LogP contribution in [0.4, 0.5) is 15.8 Å². The van der Waals surface area contributed by atoms with E-state index >= 15 is 0 Å². The molecule has 2 rings (SSSR count). The summed E-state index contributed by atoms with van der Waals surface area (Å²) in [5.41, 5.74) is 3.94. The van der Waals surface area contributed by atoms with Crippen molar-refractivity contribution in [3.63, 3.8) is 0 Å². The minimum absolute atomic E-state index is 0.0570. The highest BCUT2D eigenvalue weighted by atomic mass is 19.1. The number of rotatable bonds is 2. The second-order valence-corrected chi connectivity index (χ2v) is 4.18. The monoisotopic (exact) mass is 240 g/mol. The molecule has 0 bridgehead atoms. The van der Waals surface area contributed by atoms with Crippen LogP contribution in [0.1, 0.15) is 16.7 Å². The zero-order valence-electron chi connectivity index (χ0n) is 10.3. The van der Waals surface area contributed by atoms with E-state index in [0.29, 0.717) is 5.69 Å². The molecule has 0 saturated carbocycles. The van der Waals surface area contributed by atoms with Crippen molar-refractivity contribution in [2.75, 3.05) is 5.32 Å². The van der Waals surface area contributed by atoms with Crippen molar-refractivity contribution >= 4 is 11.4 Å². The molecule has 0 fully saturated rings. The van der Waals surface area contributed by atoms with Crippen molar-refractivity contribution in [3.05, 3.63) is 58.9 Å². The van der Waals surface area contributed by atoms with Crippen LogP contribution in [0, 0.1) is 31.0 Å². The first-order valence-electron chi connectivity index (χ1n) is 5.64. The quantitative estimate of drug-likeness (QED) is 0.859. The third-order valence-corrected chi connectivity index (χ3v) is 2.97. The molecule has 0 spiro atoms. The molecule has 0 aliphatic heterocycles. The molecule has 2 aromatic rings. The van der Waals surface area contributed by atoms with E-state index < -0.39 is 5.82 Å². The van der Waals surface area contributed by atoms with Gasteiger partial charge in [-0.1, -0.05) is 12.1 Å². The van der Waals surface area contributed by atoms with E-state index in [4.69, 9.17) is 5.26 Å². The molecule has 0 radical (unpaired) electrons. The predicted octanol–water partition coefficient (Wildman–Crippen LogP) is 4.06. The Hall–Kier alpha value is -2.34. The van der Waals surface area contributed by atoms with Gasteiger partial charge in [-0.05, 0) is 49.2 Å². The molecule has 0 heterocycles. The average molecular weight is 240 g/mol. The summed E-state index contributed by atoms with van der Waals surface area (Å²) >= 11 is 0. The first kappa shape index (κ1) is 12.1. The van der Waals surface area contributed by atoms with Crippen molar-refractivity contribution in [2.24, 2.45) is 0 Å². The SMILES string of the molecule is Cc1cccc(Nc2ccc(C#N)c(F)c2)c1C. The van der Waals surface area contributed by atoms with Crippen LogP contribution < -0.4 is 5.32 Å². The van der Waals surface area contributed by atoms with E-state index in [-0.39, 0.29) is 5.56 Å². The van der Waals surface area contributed by atoms with Crippen LogP contribution in [0.15, 0.2) is 36.4 Å². The molecule has 0 atom stereocenters. The lowest BCUT2D eigenvalue weighted by Crippen LogP contribution is -1.96. The van der Waals surface area contributed by atoms with Crippen molar-refractivity contribution < 1.29 is 4.39 Å². The van der Waals surface area contributed by atoms with Crippen molar-refractivity contribution in [1.82, 2.24) is 0 Å². The van der Waals surface area contributed by atoms with Gasteiger partial charge in [0.05, 0.1) is 5.56 Å². The lowest BCUT2D eigenvalue weighted by Gasteiger charge is -2.11. The number of hydrogen-bond acceptors (Lipinski definition) is 2. The normalized spacial score (nSPS) is 9.89. The summed E-state index contributed by atoms with van der Waals surface area (Å²) in [6.45, 7) is 4.04. The number of aryl methyl sites for hydroxylation is 1. The molecule has 2 nitrogen and oxygen atoms in total. The van der Waals surface area contributed by atoms with E-state index in [1.165, 1.54) is 17.7 Å². The Labute approximate surface area is 106 Å². The smallest absolute Gasteiger partial charge is 0.143 e. The lowest BCUT2D eigenvalue weighted by molar-refractivity contribution is 0.624. The number of halogens is 1. The zero-order chi connectivity index (χ0) is 13.1. The van der Waals surface area contributed by atoms with Crippen LogP contribution in [-0.2, 0) is 0 Å². The highest BCUT2D eigenvalue weighted by Crippen LogP contribution is 2.23. The fourth-order valence-electron chi connectivity index (χ4n) is 1.73. The van der Waals surface area contributed by atoms with Crippen molar-refractivity contribution in [1.29, 1.82) is 5.26 Å². The third-order valence-electron chi connectivity index (χ3n) is 2.97. The minimum Gasteiger partial charge on any atom is -0.355 e.